The quantitative estimate of drug-likeness (QED) is 0.607. The van der Waals surface area contributed by atoms with Crippen LogP contribution < -0.4 is 16.0 Å². The Hall–Kier alpha value is -1.18. The van der Waals surface area contributed by atoms with E-state index in [-0.39, 0.29) is 12.0 Å². The molecule has 2 unspecified atom stereocenters. The molecule has 1 rings (SSSR count). The van der Waals surface area contributed by atoms with E-state index in [0.29, 0.717) is 19.7 Å². The molecule has 7 nitrogen and oxygen atoms in total. The fourth-order valence-electron chi connectivity index (χ4n) is 1.82. The SMILES string of the molecule is CCNC(=O)NC(=O)C(C)NCC1CN(C)CCO1. The molecule has 7 heteroatoms. The molecule has 1 fully saturated rings. The highest BCUT2D eigenvalue weighted by atomic mass is 16.5. The maximum atomic E-state index is 11.7. The summed E-state index contributed by atoms with van der Waals surface area (Å²) in [6.45, 7) is 7.09. The van der Waals surface area contributed by atoms with E-state index < -0.39 is 12.1 Å². The molecule has 3 amide bonds. The molecular weight excluding hydrogens is 248 g/mol. The minimum Gasteiger partial charge on any atom is -0.374 e. The highest BCUT2D eigenvalue weighted by Crippen LogP contribution is 2.01. The second-order valence-corrected chi connectivity index (χ2v) is 4.73. The van der Waals surface area contributed by atoms with Gasteiger partial charge in [0.05, 0.1) is 18.8 Å². The monoisotopic (exact) mass is 272 g/mol. The standard InChI is InChI=1S/C12H24N4O3/c1-4-13-12(18)15-11(17)9(2)14-7-10-8-16(3)5-6-19-10/h9-10,14H,4-8H2,1-3H3,(H2,13,15,17,18). The average Bonchev–Trinajstić information content (AvgIpc) is 2.36. The van der Waals surface area contributed by atoms with Crippen LogP contribution in [0.2, 0.25) is 0 Å². The number of carbonyl (C=O) groups excluding carboxylic acids is 2. The van der Waals surface area contributed by atoms with Crippen LogP contribution in [0.1, 0.15) is 13.8 Å². The van der Waals surface area contributed by atoms with Crippen LogP contribution >= 0.6 is 0 Å². The number of urea groups is 1. The summed E-state index contributed by atoms with van der Waals surface area (Å²) < 4.78 is 5.58. The first kappa shape index (κ1) is 15.9. The average molecular weight is 272 g/mol. The maximum Gasteiger partial charge on any atom is 0.321 e. The summed E-state index contributed by atoms with van der Waals surface area (Å²) >= 11 is 0. The van der Waals surface area contributed by atoms with E-state index in [9.17, 15) is 9.59 Å². The van der Waals surface area contributed by atoms with Crippen molar-refractivity contribution in [2.75, 3.05) is 39.8 Å². The van der Waals surface area contributed by atoms with Crippen molar-refractivity contribution >= 4 is 11.9 Å². The van der Waals surface area contributed by atoms with Gasteiger partial charge in [-0.1, -0.05) is 0 Å². The fraction of sp³-hybridized carbons (Fsp3) is 0.833. The van der Waals surface area contributed by atoms with E-state index in [1.807, 2.05) is 7.05 Å². The van der Waals surface area contributed by atoms with Crippen molar-refractivity contribution in [2.24, 2.45) is 0 Å². The largest absolute Gasteiger partial charge is 0.374 e. The van der Waals surface area contributed by atoms with Gasteiger partial charge in [-0.05, 0) is 20.9 Å². The Labute approximate surface area is 114 Å². The van der Waals surface area contributed by atoms with Crippen LogP contribution in [0.4, 0.5) is 4.79 Å². The molecule has 19 heavy (non-hydrogen) atoms. The number of nitrogens with zero attached hydrogens (tertiary/aromatic N) is 1. The Morgan fingerprint density at radius 3 is 2.84 bits per heavy atom. The molecule has 1 aliphatic heterocycles. The summed E-state index contributed by atoms with van der Waals surface area (Å²) in [5, 5.41) is 7.86. The topological polar surface area (TPSA) is 82.7 Å². The van der Waals surface area contributed by atoms with Crippen molar-refractivity contribution in [3.63, 3.8) is 0 Å². The van der Waals surface area contributed by atoms with E-state index >= 15 is 0 Å². The lowest BCUT2D eigenvalue weighted by Crippen LogP contribution is -2.51. The Bertz CT molecular complexity index is 311. The normalized spacial score (nSPS) is 21.7. The minimum absolute atomic E-state index is 0.0819. The van der Waals surface area contributed by atoms with Gasteiger partial charge in [0.1, 0.15) is 0 Å². The lowest BCUT2D eigenvalue weighted by Gasteiger charge is -2.30. The summed E-state index contributed by atoms with van der Waals surface area (Å²) in [4.78, 5) is 25.1. The molecule has 0 aliphatic carbocycles. The molecule has 1 heterocycles. The van der Waals surface area contributed by atoms with Crippen molar-refractivity contribution < 1.29 is 14.3 Å². The van der Waals surface area contributed by atoms with E-state index in [0.717, 1.165) is 13.1 Å². The van der Waals surface area contributed by atoms with Crippen LogP contribution in [0.25, 0.3) is 0 Å². The fourth-order valence-corrected chi connectivity index (χ4v) is 1.82. The number of rotatable bonds is 5. The van der Waals surface area contributed by atoms with Crippen molar-refractivity contribution in [2.45, 2.75) is 26.0 Å². The molecule has 0 aromatic carbocycles. The molecule has 0 radical (unpaired) electrons. The summed E-state index contributed by atoms with van der Waals surface area (Å²) in [6, 6.07) is -0.895. The summed E-state index contributed by atoms with van der Waals surface area (Å²) in [6.07, 6.45) is 0.0819. The lowest BCUT2D eigenvalue weighted by atomic mass is 10.2. The second kappa shape index (κ2) is 8.08. The molecule has 1 saturated heterocycles. The minimum atomic E-state index is -0.463. The highest BCUT2D eigenvalue weighted by Gasteiger charge is 2.20. The second-order valence-electron chi connectivity index (χ2n) is 4.73. The predicted molar refractivity (Wildman–Crippen MR) is 71.9 cm³/mol. The zero-order valence-electron chi connectivity index (χ0n) is 11.9. The Morgan fingerprint density at radius 1 is 1.47 bits per heavy atom. The first-order valence-electron chi connectivity index (χ1n) is 6.65. The van der Waals surface area contributed by atoms with Gasteiger partial charge in [-0.15, -0.1) is 0 Å². The molecule has 0 aromatic rings. The van der Waals surface area contributed by atoms with Crippen LogP contribution in [0.3, 0.4) is 0 Å². The van der Waals surface area contributed by atoms with Gasteiger partial charge in [0, 0.05) is 26.2 Å². The first-order valence-corrected chi connectivity index (χ1v) is 6.65. The van der Waals surface area contributed by atoms with Crippen molar-refractivity contribution in [3.05, 3.63) is 0 Å². The van der Waals surface area contributed by atoms with Crippen molar-refractivity contribution in [3.8, 4) is 0 Å². The molecule has 3 N–H and O–H groups in total. The van der Waals surface area contributed by atoms with Crippen LogP contribution in [0.15, 0.2) is 0 Å². The number of nitrogens with one attached hydrogen (secondary N) is 3. The number of morpholine rings is 1. The van der Waals surface area contributed by atoms with Gasteiger partial charge in [0.15, 0.2) is 0 Å². The first-order chi connectivity index (χ1) is 9.02. The van der Waals surface area contributed by atoms with Crippen LogP contribution in [-0.2, 0) is 9.53 Å². The van der Waals surface area contributed by atoms with Gasteiger partial charge in [-0.3, -0.25) is 10.1 Å². The van der Waals surface area contributed by atoms with Gasteiger partial charge in [-0.25, -0.2) is 4.79 Å². The Kier molecular flexibility index (Phi) is 6.75. The van der Waals surface area contributed by atoms with Crippen LogP contribution in [-0.4, -0.2) is 68.8 Å². The smallest absolute Gasteiger partial charge is 0.321 e. The number of ether oxygens (including phenoxy) is 1. The third-order valence-corrected chi connectivity index (χ3v) is 2.96. The lowest BCUT2D eigenvalue weighted by molar-refractivity contribution is -0.121. The summed E-state index contributed by atoms with van der Waals surface area (Å²) in [5.41, 5.74) is 0. The number of hydrogen-bond donors (Lipinski definition) is 3. The number of likely N-dealkylation sites (N-methyl/N-ethyl adjacent to an activating group) is 1. The molecule has 1 aliphatic rings. The van der Waals surface area contributed by atoms with Gasteiger partial charge < -0.3 is 20.3 Å². The molecule has 0 saturated carbocycles. The molecule has 2 atom stereocenters. The third-order valence-electron chi connectivity index (χ3n) is 2.96. The van der Waals surface area contributed by atoms with E-state index in [1.54, 1.807) is 13.8 Å². The van der Waals surface area contributed by atoms with E-state index in [2.05, 4.69) is 20.9 Å². The Balaban J connectivity index is 2.24. The predicted octanol–water partition coefficient (Wildman–Crippen LogP) is -0.859. The highest BCUT2D eigenvalue weighted by molar-refractivity contribution is 5.96. The molecular formula is C12H24N4O3. The van der Waals surface area contributed by atoms with Crippen molar-refractivity contribution in [1.82, 2.24) is 20.9 Å². The van der Waals surface area contributed by atoms with E-state index in [1.165, 1.54) is 0 Å². The molecule has 0 bridgehead atoms. The van der Waals surface area contributed by atoms with Crippen LogP contribution in [0.5, 0.6) is 0 Å². The number of imide groups is 1. The third kappa shape index (κ3) is 6.00. The van der Waals surface area contributed by atoms with Gasteiger partial charge in [0.25, 0.3) is 0 Å². The zero-order chi connectivity index (χ0) is 14.3. The molecule has 0 aromatic heterocycles. The van der Waals surface area contributed by atoms with Crippen molar-refractivity contribution in [1.29, 1.82) is 0 Å². The van der Waals surface area contributed by atoms with E-state index in [4.69, 9.17) is 4.74 Å². The summed E-state index contributed by atoms with van der Waals surface area (Å²) in [5.74, 6) is -0.338. The zero-order valence-corrected chi connectivity index (χ0v) is 11.9. The van der Waals surface area contributed by atoms with Crippen LogP contribution in [0, 0.1) is 0 Å². The molecule has 110 valence electrons. The van der Waals surface area contributed by atoms with Gasteiger partial charge in [-0.2, -0.15) is 0 Å². The Morgan fingerprint density at radius 2 is 2.21 bits per heavy atom. The summed E-state index contributed by atoms with van der Waals surface area (Å²) in [7, 11) is 2.04. The number of carbonyl (C=O) groups is 2. The number of amides is 3. The molecule has 0 spiro atoms. The van der Waals surface area contributed by atoms with Gasteiger partial charge >= 0.3 is 6.03 Å². The maximum absolute atomic E-state index is 11.7. The number of hydrogen-bond acceptors (Lipinski definition) is 5. The van der Waals surface area contributed by atoms with Gasteiger partial charge in [0.2, 0.25) is 5.91 Å².